The second-order valence-corrected chi connectivity index (χ2v) is 7.60. The van der Waals surface area contributed by atoms with E-state index < -0.39 is 6.04 Å². The van der Waals surface area contributed by atoms with Crippen molar-refractivity contribution in [1.82, 2.24) is 15.2 Å². The van der Waals surface area contributed by atoms with Gasteiger partial charge in [0.25, 0.3) is 5.91 Å². The van der Waals surface area contributed by atoms with Crippen LogP contribution in [0.1, 0.15) is 34.7 Å². The first-order valence-corrected chi connectivity index (χ1v) is 9.76. The molecule has 6 nitrogen and oxygen atoms in total. The Morgan fingerprint density at radius 2 is 2.19 bits per heavy atom. The van der Waals surface area contributed by atoms with Crippen LogP contribution in [0.3, 0.4) is 0 Å². The summed E-state index contributed by atoms with van der Waals surface area (Å²) in [5.74, 6) is 1.18. The highest BCUT2D eigenvalue weighted by Gasteiger charge is 2.29. The molecule has 1 N–H and O–H groups in total. The summed E-state index contributed by atoms with van der Waals surface area (Å²) in [7, 11) is 0. The summed E-state index contributed by atoms with van der Waals surface area (Å²) in [5.41, 5.74) is 2.54. The Labute approximate surface area is 155 Å². The van der Waals surface area contributed by atoms with E-state index in [1.807, 2.05) is 12.1 Å². The van der Waals surface area contributed by atoms with E-state index in [2.05, 4.69) is 22.4 Å². The Hall–Kier alpha value is -2.59. The van der Waals surface area contributed by atoms with Crippen LogP contribution in [0, 0.1) is 11.3 Å². The molecule has 0 radical (unpaired) electrons. The van der Waals surface area contributed by atoms with Crippen LogP contribution in [0.2, 0.25) is 0 Å². The van der Waals surface area contributed by atoms with Crippen LogP contribution in [-0.4, -0.2) is 45.9 Å². The molecule has 1 atom stereocenters. The highest BCUT2D eigenvalue weighted by molar-refractivity contribution is 7.99. The molecule has 0 spiro atoms. The van der Waals surface area contributed by atoms with Crippen LogP contribution < -0.4 is 5.32 Å². The number of pyridine rings is 1. The van der Waals surface area contributed by atoms with Crippen molar-refractivity contribution in [3.8, 4) is 6.07 Å². The van der Waals surface area contributed by atoms with E-state index in [1.54, 1.807) is 24.0 Å². The van der Waals surface area contributed by atoms with Gasteiger partial charge in [-0.05, 0) is 42.5 Å². The molecule has 7 heteroatoms. The van der Waals surface area contributed by atoms with Crippen molar-refractivity contribution in [2.45, 2.75) is 24.8 Å². The number of carbonyl (C=O) groups excluding carboxylic acids is 2. The number of nitriles is 1. The lowest BCUT2D eigenvalue weighted by Gasteiger charge is -2.18. The number of rotatable bonds is 4. The molecule has 1 aromatic heterocycles. The Balaban J connectivity index is 1.50. The first-order valence-electron chi connectivity index (χ1n) is 8.61. The molecular weight excluding hydrogens is 348 g/mol. The predicted octanol–water partition coefficient (Wildman–Crippen LogP) is 2.27. The van der Waals surface area contributed by atoms with Crippen molar-refractivity contribution in [1.29, 1.82) is 5.26 Å². The third-order valence-corrected chi connectivity index (χ3v) is 5.82. The van der Waals surface area contributed by atoms with Gasteiger partial charge in [-0.2, -0.15) is 5.26 Å². The van der Waals surface area contributed by atoms with Crippen LogP contribution >= 0.6 is 11.8 Å². The van der Waals surface area contributed by atoms with Crippen molar-refractivity contribution in [2.75, 3.05) is 18.2 Å². The molecule has 132 valence electrons. The fourth-order valence-corrected chi connectivity index (χ4v) is 4.28. The Kier molecular flexibility index (Phi) is 4.51. The molecule has 0 bridgehead atoms. The number of nitrogens with one attached hydrogen (secondary N) is 1. The SMILES string of the molecule is N#CC1CSCN1C(=O)CNC(=O)c1ccnc2ccc(C3CC3)cc12. The average Bonchev–Trinajstić information content (AvgIpc) is 3.41. The smallest absolute Gasteiger partial charge is 0.252 e. The summed E-state index contributed by atoms with van der Waals surface area (Å²) in [5, 5.41) is 12.6. The van der Waals surface area contributed by atoms with Crippen LogP contribution in [-0.2, 0) is 4.79 Å². The molecule has 26 heavy (non-hydrogen) atoms. The van der Waals surface area contributed by atoms with Gasteiger partial charge in [0.1, 0.15) is 6.04 Å². The van der Waals surface area contributed by atoms with Crippen molar-refractivity contribution in [3.05, 3.63) is 41.6 Å². The number of hydrogen-bond acceptors (Lipinski definition) is 5. The zero-order valence-corrected chi connectivity index (χ0v) is 15.0. The third kappa shape index (κ3) is 3.25. The summed E-state index contributed by atoms with van der Waals surface area (Å²) in [6.07, 6.45) is 3.99. The first-order chi connectivity index (χ1) is 12.7. The standard InChI is InChI=1S/C19H18N4O2S/c20-8-14-10-26-11-23(14)18(24)9-22-19(25)15-5-6-21-17-4-3-13(7-16(15)17)12-1-2-12/h3-7,12,14H,1-2,9-11H2,(H,22,25). The Morgan fingerprint density at radius 1 is 1.35 bits per heavy atom. The van der Waals surface area contributed by atoms with E-state index in [9.17, 15) is 9.59 Å². The minimum absolute atomic E-state index is 0.107. The maximum absolute atomic E-state index is 12.6. The molecule has 1 aliphatic carbocycles. The molecule has 1 saturated carbocycles. The van der Waals surface area contributed by atoms with Crippen molar-refractivity contribution >= 4 is 34.5 Å². The van der Waals surface area contributed by atoms with E-state index in [1.165, 1.54) is 23.3 Å². The van der Waals surface area contributed by atoms with Crippen LogP contribution in [0.4, 0.5) is 0 Å². The quantitative estimate of drug-likeness (QED) is 0.897. The molecule has 4 rings (SSSR count). The van der Waals surface area contributed by atoms with Gasteiger partial charge in [0.05, 0.1) is 29.6 Å². The number of aromatic nitrogens is 1. The number of nitrogens with zero attached hydrogens (tertiary/aromatic N) is 3. The van der Waals surface area contributed by atoms with Crippen LogP contribution in [0.15, 0.2) is 30.5 Å². The van der Waals surface area contributed by atoms with Gasteiger partial charge in [0, 0.05) is 17.3 Å². The number of carbonyl (C=O) groups is 2. The van der Waals surface area contributed by atoms with Crippen molar-refractivity contribution in [2.24, 2.45) is 0 Å². The van der Waals surface area contributed by atoms with E-state index >= 15 is 0 Å². The monoisotopic (exact) mass is 366 g/mol. The summed E-state index contributed by atoms with van der Waals surface area (Å²) >= 11 is 1.55. The number of thioether (sulfide) groups is 1. The van der Waals surface area contributed by atoms with E-state index in [0.29, 0.717) is 23.1 Å². The topological polar surface area (TPSA) is 86.1 Å². The largest absolute Gasteiger partial charge is 0.343 e. The lowest BCUT2D eigenvalue weighted by Crippen LogP contribution is -2.42. The molecule has 2 aromatic rings. The Morgan fingerprint density at radius 3 is 2.96 bits per heavy atom. The lowest BCUT2D eigenvalue weighted by molar-refractivity contribution is -0.129. The van der Waals surface area contributed by atoms with Gasteiger partial charge in [0.2, 0.25) is 5.91 Å². The minimum Gasteiger partial charge on any atom is -0.343 e. The normalized spacial score (nSPS) is 19.3. The van der Waals surface area contributed by atoms with E-state index in [4.69, 9.17) is 5.26 Å². The molecule has 2 amide bonds. The highest BCUT2D eigenvalue weighted by atomic mass is 32.2. The Bertz CT molecular complexity index is 919. The maximum Gasteiger partial charge on any atom is 0.252 e. The van der Waals surface area contributed by atoms with Gasteiger partial charge >= 0.3 is 0 Å². The molecule has 1 saturated heterocycles. The van der Waals surface area contributed by atoms with Gasteiger partial charge in [-0.25, -0.2) is 0 Å². The summed E-state index contributed by atoms with van der Waals surface area (Å²) < 4.78 is 0. The molecular formula is C19H18N4O2S. The second kappa shape index (κ2) is 6.96. The van der Waals surface area contributed by atoms with Gasteiger partial charge < -0.3 is 10.2 Å². The maximum atomic E-state index is 12.6. The molecule has 2 fully saturated rings. The molecule has 2 heterocycles. The van der Waals surface area contributed by atoms with Crippen LogP contribution in [0.25, 0.3) is 10.9 Å². The number of hydrogen-bond donors (Lipinski definition) is 1. The molecule has 1 unspecified atom stereocenters. The van der Waals surface area contributed by atoms with Crippen molar-refractivity contribution in [3.63, 3.8) is 0 Å². The zero-order valence-electron chi connectivity index (χ0n) is 14.1. The predicted molar refractivity (Wildman–Crippen MR) is 99.6 cm³/mol. The van der Waals surface area contributed by atoms with Crippen molar-refractivity contribution < 1.29 is 9.59 Å². The molecule has 1 aliphatic heterocycles. The second-order valence-electron chi connectivity index (χ2n) is 6.60. The van der Waals surface area contributed by atoms with E-state index in [-0.39, 0.29) is 18.4 Å². The van der Waals surface area contributed by atoms with Crippen LogP contribution in [0.5, 0.6) is 0 Å². The average molecular weight is 366 g/mol. The number of amides is 2. The summed E-state index contributed by atoms with van der Waals surface area (Å²) in [6, 6.07) is 9.46. The fraction of sp³-hybridized carbons (Fsp3) is 0.368. The summed E-state index contributed by atoms with van der Waals surface area (Å²) in [6.45, 7) is -0.107. The number of benzene rings is 1. The van der Waals surface area contributed by atoms with Gasteiger partial charge in [-0.15, -0.1) is 11.8 Å². The van der Waals surface area contributed by atoms with Gasteiger partial charge in [-0.1, -0.05) is 6.07 Å². The zero-order chi connectivity index (χ0) is 18.1. The van der Waals surface area contributed by atoms with E-state index in [0.717, 1.165) is 10.9 Å². The van der Waals surface area contributed by atoms with Gasteiger partial charge in [0.15, 0.2) is 0 Å². The lowest BCUT2D eigenvalue weighted by atomic mass is 10.0. The first kappa shape index (κ1) is 16.9. The van der Waals surface area contributed by atoms with Gasteiger partial charge in [-0.3, -0.25) is 14.6 Å². The molecule has 1 aromatic carbocycles. The minimum atomic E-state index is -0.410. The fourth-order valence-electron chi connectivity index (χ4n) is 3.18. The highest BCUT2D eigenvalue weighted by Crippen LogP contribution is 2.41. The summed E-state index contributed by atoms with van der Waals surface area (Å²) in [4.78, 5) is 30.8. The molecule has 2 aliphatic rings. The number of fused-ring (bicyclic) bond motifs is 1. The third-order valence-electron chi connectivity index (χ3n) is 4.81.